The van der Waals surface area contributed by atoms with Crippen molar-refractivity contribution in [2.75, 3.05) is 0 Å². The molecule has 88 valence electrons. The minimum absolute atomic E-state index is 0.102. The Balaban J connectivity index is 2.24. The van der Waals surface area contributed by atoms with Gasteiger partial charge in [-0.15, -0.1) is 0 Å². The molecule has 0 spiro atoms. The largest absolute Gasteiger partial charge is 0.437 e. The monoisotopic (exact) mass is 257 g/mol. The van der Waals surface area contributed by atoms with E-state index >= 15 is 0 Å². The lowest BCUT2D eigenvalue weighted by Crippen LogP contribution is -2.00. The normalized spacial score (nSPS) is 10.7. The quantitative estimate of drug-likeness (QED) is 0.670. The zero-order chi connectivity index (χ0) is 12.5. The molecule has 0 N–H and O–H groups in total. The number of rotatable bonds is 1. The van der Waals surface area contributed by atoms with Gasteiger partial charge in [-0.05, 0) is 36.4 Å². The van der Waals surface area contributed by atoms with Gasteiger partial charge in [-0.1, -0.05) is 11.6 Å². The third-order valence-corrected chi connectivity index (χ3v) is 2.89. The molecule has 1 aromatic carbocycles. The molecular weight excluding hydrogens is 250 g/mol. The number of halogens is 1. The predicted molar refractivity (Wildman–Crippen MR) is 70.7 cm³/mol. The fourth-order valence-corrected chi connectivity index (χ4v) is 1.87. The van der Waals surface area contributed by atoms with E-state index in [1.165, 1.54) is 6.07 Å². The molecule has 0 aliphatic heterocycles. The molecule has 18 heavy (non-hydrogen) atoms. The molecule has 2 aromatic heterocycles. The lowest BCUT2D eigenvalue weighted by atomic mass is 10.1. The highest BCUT2D eigenvalue weighted by atomic mass is 35.5. The number of hydrogen-bond acceptors (Lipinski definition) is 3. The summed E-state index contributed by atoms with van der Waals surface area (Å²) >= 11 is 5.82. The highest BCUT2D eigenvalue weighted by Crippen LogP contribution is 2.22. The van der Waals surface area contributed by atoms with Gasteiger partial charge >= 0.3 is 0 Å². The number of aromatic nitrogens is 1. The summed E-state index contributed by atoms with van der Waals surface area (Å²) in [5.41, 5.74) is 1.04. The summed E-state index contributed by atoms with van der Waals surface area (Å²) in [6.45, 7) is 0. The number of nitrogens with zero attached hydrogens (tertiary/aromatic N) is 1. The zero-order valence-corrected chi connectivity index (χ0v) is 10.0. The van der Waals surface area contributed by atoms with Crippen molar-refractivity contribution in [3.63, 3.8) is 0 Å². The van der Waals surface area contributed by atoms with Gasteiger partial charge in [0.05, 0.1) is 5.39 Å². The van der Waals surface area contributed by atoms with E-state index in [-0.39, 0.29) is 5.43 Å². The topological polar surface area (TPSA) is 43.1 Å². The molecule has 0 saturated carbocycles. The second-order valence-electron chi connectivity index (χ2n) is 3.84. The maximum Gasteiger partial charge on any atom is 0.230 e. The third-order valence-electron chi connectivity index (χ3n) is 2.63. The van der Waals surface area contributed by atoms with E-state index in [0.717, 1.165) is 5.56 Å². The SMILES string of the molecule is O=c1cc(-c2ccc(Cl)cc2)oc2ncccc12. The molecule has 3 aromatic rings. The Bertz CT molecular complexity index is 763. The van der Waals surface area contributed by atoms with Gasteiger partial charge in [-0.25, -0.2) is 4.98 Å². The molecule has 3 rings (SSSR count). The summed E-state index contributed by atoms with van der Waals surface area (Å²) in [5.74, 6) is 0.489. The molecule has 0 radical (unpaired) electrons. The van der Waals surface area contributed by atoms with Crippen LogP contribution in [0, 0.1) is 0 Å². The van der Waals surface area contributed by atoms with E-state index in [9.17, 15) is 4.79 Å². The minimum Gasteiger partial charge on any atom is -0.437 e. The van der Waals surface area contributed by atoms with Gasteiger partial charge in [0.1, 0.15) is 5.76 Å². The first-order valence-corrected chi connectivity index (χ1v) is 5.77. The summed E-state index contributed by atoms with van der Waals surface area (Å²) in [5, 5.41) is 1.12. The number of pyridine rings is 1. The second-order valence-corrected chi connectivity index (χ2v) is 4.27. The van der Waals surface area contributed by atoms with Crippen molar-refractivity contribution in [3.05, 3.63) is 63.9 Å². The standard InChI is InChI=1S/C14H8ClNO2/c15-10-5-3-9(4-6-10)13-8-12(17)11-2-1-7-16-14(11)18-13/h1-8H. The summed E-state index contributed by atoms with van der Waals surface area (Å²) in [4.78, 5) is 16.0. The average Bonchev–Trinajstić information content (AvgIpc) is 2.39. The maximum absolute atomic E-state index is 11.9. The minimum atomic E-state index is -0.102. The summed E-state index contributed by atoms with van der Waals surface area (Å²) in [6.07, 6.45) is 1.59. The van der Waals surface area contributed by atoms with Crippen LogP contribution in [0.3, 0.4) is 0 Å². The summed E-state index contributed by atoms with van der Waals surface area (Å²) < 4.78 is 5.61. The molecule has 0 aliphatic carbocycles. The first-order chi connectivity index (χ1) is 8.74. The van der Waals surface area contributed by atoms with E-state index in [2.05, 4.69) is 4.98 Å². The first-order valence-electron chi connectivity index (χ1n) is 5.39. The second kappa shape index (κ2) is 4.27. The van der Waals surface area contributed by atoms with E-state index in [4.69, 9.17) is 16.0 Å². The van der Waals surface area contributed by atoms with Crippen LogP contribution in [-0.4, -0.2) is 4.98 Å². The number of hydrogen-bond donors (Lipinski definition) is 0. The zero-order valence-electron chi connectivity index (χ0n) is 9.26. The fourth-order valence-electron chi connectivity index (χ4n) is 1.75. The molecule has 0 atom stereocenters. The van der Waals surface area contributed by atoms with Crippen molar-refractivity contribution in [3.8, 4) is 11.3 Å². The molecule has 0 unspecified atom stereocenters. The van der Waals surface area contributed by atoms with Crippen molar-refractivity contribution >= 4 is 22.7 Å². The smallest absolute Gasteiger partial charge is 0.230 e. The van der Waals surface area contributed by atoms with Crippen LogP contribution in [0.2, 0.25) is 5.02 Å². The third kappa shape index (κ3) is 1.89. The van der Waals surface area contributed by atoms with Crippen LogP contribution in [0.5, 0.6) is 0 Å². The van der Waals surface area contributed by atoms with Gasteiger partial charge in [-0.2, -0.15) is 0 Å². The van der Waals surface area contributed by atoms with Crippen molar-refractivity contribution in [2.24, 2.45) is 0 Å². The Kier molecular flexibility index (Phi) is 2.61. The number of fused-ring (bicyclic) bond motifs is 1. The van der Waals surface area contributed by atoms with Gasteiger partial charge < -0.3 is 4.42 Å². The van der Waals surface area contributed by atoms with Crippen LogP contribution < -0.4 is 5.43 Å². The van der Waals surface area contributed by atoms with Crippen molar-refractivity contribution in [2.45, 2.75) is 0 Å². The summed E-state index contributed by atoms with van der Waals surface area (Å²) in [7, 11) is 0. The van der Waals surface area contributed by atoms with Gasteiger partial charge in [0.15, 0.2) is 5.43 Å². The molecular formula is C14H8ClNO2. The van der Waals surface area contributed by atoms with E-state index < -0.39 is 0 Å². The van der Waals surface area contributed by atoms with E-state index in [0.29, 0.717) is 21.9 Å². The van der Waals surface area contributed by atoms with Gasteiger partial charge in [-0.3, -0.25) is 4.79 Å². The number of benzene rings is 1. The van der Waals surface area contributed by atoms with E-state index in [1.807, 2.05) is 0 Å². The molecule has 2 heterocycles. The maximum atomic E-state index is 11.9. The fraction of sp³-hybridized carbons (Fsp3) is 0. The van der Waals surface area contributed by atoms with Gasteiger partial charge in [0, 0.05) is 22.8 Å². The predicted octanol–water partition coefficient (Wildman–Crippen LogP) is 3.51. The average molecular weight is 258 g/mol. The Morgan fingerprint density at radius 2 is 1.89 bits per heavy atom. The van der Waals surface area contributed by atoms with Crippen LogP contribution in [0.25, 0.3) is 22.4 Å². The van der Waals surface area contributed by atoms with Crippen LogP contribution in [0.15, 0.2) is 57.9 Å². The van der Waals surface area contributed by atoms with Crippen LogP contribution >= 0.6 is 11.6 Å². The van der Waals surface area contributed by atoms with Gasteiger partial charge in [0.25, 0.3) is 0 Å². The van der Waals surface area contributed by atoms with Crippen LogP contribution in [0.4, 0.5) is 0 Å². The Labute approximate surface area is 108 Å². The van der Waals surface area contributed by atoms with Crippen LogP contribution in [0.1, 0.15) is 0 Å². The molecule has 3 nitrogen and oxygen atoms in total. The lowest BCUT2D eigenvalue weighted by molar-refractivity contribution is 0.605. The molecule has 0 aliphatic rings. The highest BCUT2D eigenvalue weighted by Gasteiger charge is 2.06. The van der Waals surface area contributed by atoms with Crippen molar-refractivity contribution < 1.29 is 4.42 Å². The molecule has 4 heteroatoms. The van der Waals surface area contributed by atoms with Crippen molar-refractivity contribution in [1.82, 2.24) is 4.98 Å². The van der Waals surface area contributed by atoms with E-state index in [1.54, 1.807) is 42.6 Å². The van der Waals surface area contributed by atoms with Gasteiger partial charge in [0.2, 0.25) is 5.71 Å². The van der Waals surface area contributed by atoms with Crippen LogP contribution in [-0.2, 0) is 0 Å². The Hall–Kier alpha value is -2.13. The summed E-state index contributed by atoms with van der Waals surface area (Å²) in [6, 6.07) is 12.0. The molecule has 0 fully saturated rings. The Morgan fingerprint density at radius 3 is 2.67 bits per heavy atom. The lowest BCUT2D eigenvalue weighted by Gasteiger charge is -2.02. The molecule has 0 saturated heterocycles. The first kappa shape index (κ1) is 11.0. The highest BCUT2D eigenvalue weighted by molar-refractivity contribution is 6.30. The van der Waals surface area contributed by atoms with Crippen molar-refractivity contribution in [1.29, 1.82) is 0 Å². The Morgan fingerprint density at radius 1 is 1.11 bits per heavy atom. The molecule has 0 amide bonds. The molecule has 0 bridgehead atoms.